The van der Waals surface area contributed by atoms with Crippen molar-refractivity contribution in [3.05, 3.63) is 36.8 Å². The maximum Gasteiger partial charge on any atom is 0.257 e. The van der Waals surface area contributed by atoms with Crippen LogP contribution in [0.15, 0.2) is 31.0 Å². The molecule has 4 rings (SSSR count). The van der Waals surface area contributed by atoms with Crippen LogP contribution in [0.5, 0.6) is 0 Å². The highest BCUT2D eigenvalue weighted by molar-refractivity contribution is 5.38. The lowest BCUT2D eigenvalue weighted by Gasteiger charge is -2.45. The Morgan fingerprint density at radius 3 is 2.68 bits per heavy atom. The van der Waals surface area contributed by atoms with Crippen LogP contribution < -0.4 is 4.90 Å². The number of piperidine rings is 1. The largest absolute Gasteiger partial charge is 0.354 e. The normalized spacial score (nSPS) is 26.4. The molecule has 0 N–H and O–H groups in total. The molecule has 2 fully saturated rings. The zero-order valence-electron chi connectivity index (χ0n) is 14.3. The van der Waals surface area contributed by atoms with Crippen molar-refractivity contribution in [1.29, 1.82) is 0 Å². The van der Waals surface area contributed by atoms with Gasteiger partial charge in [0.15, 0.2) is 0 Å². The molecule has 134 valence electrons. The second-order valence-corrected chi connectivity index (χ2v) is 7.13. The summed E-state index contributed by atoms with van der Waals surface area (Å²) in [6.45, 7) is 2.28. The fourth-order valence-electron chi connectivity index (χ4n) is 4.02. The first-order valence-corrected chi connectivity index (χ1v) is 8.56. The zero-order valence-corrected chi connectivity index (χ0v) is 14.3. The second-order valence-electron chi connectivity index (χ2n) is 7.13. The lowest BCUT2D eigenvalue weighted by atomic mass is 9.75. The first-order chi connectivity index (χ1) is 12.0. The summed E-state index contributed by atoms with van der Waals surface area (Å²) in [5.74, 6) is -1.08. The topological polar surface area (TPSA) is 50.1 Å². The van der Waals surface area contributed by atoms with Crippen LogP contribution in [0.2, 0.25) is 0 Å². The molecule has 8 heteroatoms. The number of nitrogens with zero attached hydrogens (tertiary/aromatic N) is 6. The molecule has 2 saturated heterocycles. The molecule has 2 aliphatic rings. The summed E-state index contributed by atoms with van der Waals surface area (Å²) in [5, 5.41) is 0. The molecule has 0 radical (unpaired) electrons. The van der Waals surface area contributed by atoms with Crippen LogP contribution in [-0.4, -0.2) is 56.5 Å². The Bertz CT molecular complexity index is 734. The van der Waals surface area contributed by atoms with Gasteiger partial charge in [0.25, 0.3) is 5.92 Å². The van der Waals surface area contributed by atoms with Crippen molar-refractivity contribution in [3.8, 4) is 0 Å². The van der Waals surface area contributed by atoms with Crippen LogP contribution in [0.1, 0.15) is 18.7 Å². The van der Waals surface area contributed by atoms with Gasteiger partial charge in [-0.15, -0.1) is 0 Å². The third-order valence-electron chi connectivity index (χ3n) is 5.56. The Morgan fingerprint density at radius 2 is 1.96 bits per heavy atom. The smallest absolute Gasteiger partial charge is 0.257 e. The van der Waals surface area contributed by atoms with E-state index in [1.165, 1.54) is 0 Å². The fraction of sp³-hybridized carbons (Fsp3) is 0.588. The monoisotopic (exact) mass is 348 g/mol. The molecule has 2 aliphatic heterocycles. The van der Waals surface area contributed by atoms with Crippen molar-refractivity contribution in [2.45, 2.75) is 25.3 Å². The lowest BCUT2D eigenvalue weighted by molar-refractivity contribution is -0.159. The Hall–Kier alpha value is -2.09. The van der Waals surface area contributed by atoms with E-state index in [2.05, 4.69) is 19.9 Å². The summed E-state index contributed by atoms with van der Waals surface area (Å²) >= 11 is 0. The number of hydrogen-bond donors (Lipinski definition) is 0. The first-order valence-electron chi connectivity index (χ1n) is 8.56. The van der Waals surface area contributed by atoms with Gasteiger partial charge in [-0.3, -0.25) is 9.88 Å². The Kier molecular flexibility index (Phi) is 3.94. The maximum absolute atomic E-state index is 14.9. The number of imidazole rings is 1. The molecule has 6 nitrogen and oxygen atoms in total. The first kappa shape index (κ1) is 16.4. The van der Waals surface area contributed by atoms with Gasteiger partial charge in [0, 0.05) is 64.4 Å². The number of rotatable bonds is 3. The number of halogens is 2. The van der Waals surface area contributed by atoms with Gasteiger partial charge in [0.05, 0.1) is 18.2 Å². The third-order valence-corrected chi connectivity index (χ3v) is 5.56. The highest BCUT2D eigenvalue weighted by Gasteiger charge is 2.59. The fourth-order valence-corrected chi connectivity index (χ4v) is 4.02. The number of aromatic nitrogens is 4. The van der Waals surface area contributed by atoms with Crippen LogP contribution in [0.25, 0.3) is 0 Å². The van der Waals surface area contributed by atoms with E-state index >= 15 is 0 Å². The van der Waals surface area contributed by atoms with Crippen LogP contribution in [0, 0.1) is 5.41 Å². The number of anilines is 1. The highest BCUT2D eigenvalue weighted by Crippen LogP contribution is 2.50. The minimum absolute atomic E-state index is 0.105. The van der Waals surface area contributed by atoms with Crippen molar-refractivity contribution >= 4 is 5.82 Å². The average Bonchev–Trinajstić information content (AvgIpc) is 3.21. The van der Waals surface area contributed by atoms with Crippen LogP contribution in [0.3, 0.4) is 0 Å². The summed E-state index contributed by atoms with van der Waals surface area (Å²) in [5.41, 5.74) is -1.03. The van der Waals surface area contributed by atoms with Crippen molar-refractivity contribution in [2.75, 3.05) is 31.1 Å². The van der Waals surface area contributed by atoms with E-state index in [1.807, 2.05) is 22.7 Å². The van der Waals surface area contributed by atoms with E-state index < -0.39 is 11.3 Å². The molecule has 2 aromatic rings. The van der Waals surface area contributed by atoms with E-state index in [1.54, 1.807) is 24.8 Å². The highest BCUT2D eigenvalue weighted by atomic mass is 19.3. The predicted octanol–water partition coefficient (Wildman–Crippen LogP) is 1.95. The molecule has 2 aromatic heterocycles. The summed E-state index contributed by atoms with van der Waals surface area (Å²) in [6.07, 6.45) is 8.83. The van der Waals surface area contributed by atoms with Gasteiger partial charge in [-0.2, -0.15) is 0 Å². The molecule has 0 aliphatic carbocycles. The lowest BCUT2D eigenvalue weighted by Crippen LogP contribution is -2.56. The SMILES string of the molecule is Cn1ccnc1CN1CCC(F)(F)[C@@]2(CCN(c3cnccn3)C2)C1. The molecule has 1 spiro atoms. The Balaban J connectivity index is 1.53. The van der Waals surface area contributed by atoms with Crippen molar-refractivity contribution in [1.82, 2.24) is 24.4 Å². The van der Waals surface area contributed by atoms with Gasteiger partial charge in [0.2, 0.25) is 0 Å². The average molecular weight is 348 g/mol. The van der Waals surface area contributed by atoms with Gasteiger partial charge in [-0.1, -0.05) is 0 Å². The van der Waals surface area contributed by atoms with Gasteiger partial charge in [-0.05, 0) is 6.42 Å². The second kappa shape index (κ2) is 6.01. The molecular formula is C17H22F2N6. The summed E-state index contributed by atoms with van der Waals surface area (Å²) in [4.78, 5) is 16.7. The van der Waals surface area contributed by atoms with Crippen molar-refractivity contribution in [3.63, 3.8) is 0 Å². The number of alkyl halides is 2. The molecule has 0 saturated carbocycles. The maximum atomic E-state index is 14.9. The molecular weight excluding hydrogens is 326 g/mol. The molecule has 0 amide bonds. The summed E-state index contributed by atoms with van der Waals surface area (Å²) < 4.78 is 31.7. The van der Waals surface area contributed by atoms with Gasteiger partial charge in [0.1, 0.15) is 11.6 Å². The van der Waals surface area contributed by atoms with Gasteiger partial charge >= 0.3 is 0 Å². The number of hydrogen-bond acceptors (Lipinski definition) is 5. The van der Waals surface area contributed by atoms with E-state index in [4.69, 9.17) is 0 Å². The minimum Gasteiger partial charge on any atom is -0.354 e. The van der Waals surface area contributed by atoms with Crippen molar-refractivity contribution < 1.29 is 8.78 Å². The van der Waals surface area contributed by atoms with E-state index in [0.717, 1.165) is 5.82 Å². The molecule has 0 aromatic carbocycles. The molecule has 0 unspecified atom stereocenters. The van der Waals surface area contributed by atoms with Gasteiger partial charge < -0.3 is 9.47 Å². The van der Waals surface area contributed by atoms with Crippen molar-refractivity contribution in [2.24, 2.45) is 12.5 Å². The number of likely N-dealkylation sites (tertiary alicyclic amines) is 1. The molecule has 1 atom stereocenters. The minimum atomic E-state index is -2.66. The molecule has 25 heavy (non-hydrogen) atoms. The Labute approximate surface area is 145 Å². The molecule has 4 heterocycles. The van der Waals surface area contributed by atoms with Crippen LogP contribution >= 0.6 is 0 Å². The number of aryl methyl sites for hydroxylation is 1. The van der Waals surface area contributed by atoms with E-state index in [0.29, 0.717) is 45.0 Å². The quantitative estimate of drug-likeness (QED) is 0.849. The molecule has 0 bridgehead atoms. The predicted molar refractivity (Wildman–Crippen MR) is 89.3 cm³/mol. The van der Waals surface area contributed by atoms with Crippen LogP contribution in [-0.2, 0) is 13.6 Å². The van der Waals surface area contributed by atoms with Crippen LogP contribution in [0.4, 0.5) is 14.6 Å². The standard InChI is InChI=1S/C17H22F2N6/c1-23-9-6-22-15(23)11-24-7-3-17(18,19)16(12-24)2-8-25(13-16)14-10-20-4-5-21-14/h4-6,9-10H,2-3,7-8,11-13H2,1H3/t16-/m0/s1. The zero-order chi connectivity index (χ0) is 17.5. The summed E-state index contributed by atoms with van der Waals surface area (Å²) in [6, 6.07) is 0. The Morgan fingerprint density at radius 1 is 1.08 bits per heavy atom. The van der Waals surface area contributed by atoms with E-state index in [9.17, 15) is 8.78 Å². The van der Waals surface area contributed by atoms with E-state index in [-0.39, 0.29) is 6.42 Å². The van der Waals surface area contributed by atoms with Gasteiger partial charge in [-0.25, -0.2) is 18.7 Å². The summed E-state index contributed by atoms with van der Waals surface area (Å²) in [7, 11) is 1.93. The third kappa shape index (κ3) is 2.88.